The van der Waals surface area contributed by atoms with Crippen LogP contribution in [0.3, 0.4) is 0 Å². The van der Waals surface area contributed by atoms with Crippen molar-refractivity contribution in [2.24, 2.45) is 7.05 Å². The molecule has 0 fully saturated rings. The SMILES string of the molecule is Cn1ncnc1CNCCCCCCO. The first-order valence-corrected chi connectivity index (χ1v) is 5.49. The summed E-state index contributed by atoms with van der Waals surface area (Å²) >= 11 is 0. The van der Waals surface area contributed by atoms with Gasteiger partial charge < -0.3 is 10.4 Å². The van der Waals surface area contributed by atoms with Crippen molar-refractivity contribution in [2.75, 3.05) is 13.2 Å². The Kier molecular flexibility index (Phi) is 5.96. The van der Waals surface area contributed by atoms with Crippen LogP contribution in [0, 0.1) is 0 Å². The van der Waals surface area contributed by atoms with E-state index < -0.39 is 0 Å². The average molecular weight is 212 g/mol. The monoisotopic (exact) mass is 212 g/mol. The number of hydrogen-bond donors (Lipinski definition) is 2. The molecule has 1 aromatic rings. The Morgan fingerprint density at radius 3 is 2.80 bits per heavy atom. The Balaban J connectivity index is 1.96. The number of aliphatic hydroxyl groups is 1. The zero-order valence-corrected chi connectivity index (χ0v) is 9.32. The van der Waals surface area contributed by atoms with Crippen LogP contribution in [0.2, 0.25) is 0 Å². The topological polar surface area (TPSA) is 63.0 Å². The van der Waals surface area contributed by atoms with Crippen molar-refractivity contribution < 1.29 is 5.11 Å². The molecule has 0 saturated heterocycles. The lowest BCUT2D eigenvalue weighted by Crippen LogP contribution is -2.17. The van der Waals surface area contributed by atoms with E-state index in [9.17, 15) is 0 Å². The molecule has 0 aliphatic rings. The fourth-order valence-corrected chi connectivity index (χ4v) is 1.40. The van der Waals surface area contributed by atoms with E-state index in [0.29, 0.717) is 6.61 Å². The van der Waals surface area contributed by atoms with Gasteiger partial charge in [0, 0.05) is 13.7 Å². The van der Waals surface area contributed by atoms with E-state index in [1.165, 1.54) is 6.42 Å². The highest BCUT2D eigenvalue weighted by atomic mass is 16.2. The average Bonchev–Trinajstić information content (AvgIpc) is 2.63. The number of hydrogen-bond acceptors (Lipinski definition) is 4. The van der Waals surface area contributed by atoms with Crippen LogP contribution >= 0.6 is 0 Å². The molecule has 0 atom stereocenters. The third-order valence-electron chi connectivity index (χ3n) is 2.35. The van der Waals surface area contributed by atoms with Gasteiger partial charge in [-0.2, -0.15) is 5.10 Å². The summed E-state index contributed by atoms with van der Waals surface area (Å²) < 4.78 is 1.78. The molecule has 1 heterocycles. The molecular formula is C10H20N4O. The van der Waals surface area contributed by atoms with Crippen molar-refractivity contribution in [3.63, 3.8) is 0 Å². The van der Waals surface area contributed by atoms with E-state index in [1.54, 1.807) is 11.0 Å². The molecule has 1 aromatic heterocycles. The van der Waals surface area contributed by atoms with Crippen LogP contribution in [0.1, 0.15) is 31.5 Å². The van der Waals surface area contributed by atoms with Crippen LogP contribution in [0.5, 0.6) is 0 Å². The molecule has 0 aliphatic heterocycles. The second kappa shape index (κ2) is 7.36. The Labute approximate surface area is 90.5 Å². The molecule has 1 rings (SSSR count). The summed E-state index contributed by atoms with van der Waals surface area (Å²) in [5.41, 5.74) is 0. The van der Waals surface area contributed by atoms with E-state index in [1.807, 2.05) is 7.05 Å². The second-order valence-electron chi connectivity index (χ2n) is 3.61. The predicted molar refractivity (Wildman–Crippen MR) is 58.3 cm³/mol. The molecule has 0 saturated carbocycles. The number of aromatic nitrogens is 3. The minimum absolute atomic E-state index is 0.312. The van der Waals surface area contributed by atoms with Gasteiger partial charge in [0.1, 0.15) is 12.2 Å². The quantitative estimate of drug-likeness (QED) is 0.614. The maximum absolute atomic E-state index is 8.59. The highest BCUT2D eigenvalue weighted by Gasteiger charge is 1.98. The molecular weight excluding hydrogens is 192 g/mol. The minimum Gasteiger partial charge on any atom is -0.396 e. The molecule has 0 bridgehead atoms. The summed E-state index contributed by atoms with van der Waals surface area (Å²) in [6.45, 7) is 2.08. The lowest BCUT2D eigenvalue weighted by Gasteiger charge is -2.03. The van der Waals surface area contributed by atoms with Gasteiger partial charge >= 0.3 is 0 Å². The zero-order valence-electron chi connectivity index (χ0n) is 9.32. The first-order chi connectivity index (χ1) is 7.34. The minimum atomic E-state index is 0.312. The van der Waals surface area contributed by atoms with Crippen LogP contribution in [0.4, 0.5) is 0 Å². The molecule has 2 N–H and O–H groups in total. The molecule has 5 heteroatoms. The normalized spacial score (nSPS) is 10.8. The number of aryl methyl sites for hydroxylation is 1. The van der Waals surface area contributed by atoms with Crippen LogP contribution in [-0.2, 0) is 13.6 Å². The van der Waals surface area contributed by atoms with Crippen LogP contribution in [0.25, 0.3) is 0 Å². The van der Waals surface area contributed by atoms with Gasteiger partial charge in [0.05, 0.1) is 6.54 Å². The van der Waals surface area contributed by atoms with Crippen molar-refractivity contribution in [1.29, 1.82) is 0 Å². The smallest absolute Gasteiger partial charge is 0.140 e. The Morgan fingerprint density at radius 2 is 2.13 bits per heavy atom. The number of aliphatic hydroxyl groups excluding tert-OH is 1. The summed E-state index contributed by atoms with van der Waals surface area (Å²) in [5, 5.41) is 15.9. The van der Waals surface area contributed by atoms with Crippen molar-refractivity contribution in [3.05, 3.63) is 12.2 Å². The molecule has 0 spiro atoms. The molecule has 15 heavy (non-hydrogen) atoms. The van der Waals surface area contributed by atoms with E-state index in [2.05, 4.69) is 15.4 Å². The van der Waals surface area contributed by atoms with Gasteiger partial charge in [-0.1, -0.05) is 12.8 Å². The maximum atomic E-state index is 8.59. The number of unbranched alkanes of at least 4 members (excludes halogenated alkanes) is 3. The fraction of sp³-hybridized carbons (Fsp3) is 0.800. The molecule has 0 unspecified atom stereocenters. The summed E-state index contributed by atoms with van der Waals surface area (Å²) in [5.74, 6) is 0.963. The van der Waals surface area contributed by atoms with Crippen molar-refractivity contribution in [3.8, 4) is 0 Å². The van der Waals surface area contributed by atoms with E-state index in [4.69, 9.17) is 5.11 Å². The van der Waals surface area contributed by atoms with E-state index in [0.717, 1.165) is 38.2 Å². The van der Waals surface area contributed by atoms with Crippen LogP contribution in [-0.4, -0.2) is 33.0 Å². The summed E-state index contributed by atoms with van der Waals surface area (Å²) in [6.07, 6.45) is 5.92. The molecule has 0 aliphatic carbocycles. The Hall–Kier alpha value is -0.940. The van der Waals surface area contributed by atoms with E-state index in [-0.39, 0.29) is 0 Å². The van der Waals surface area contributed by atoms with Gasteiger partial charge in [0.25, 0.3) is 0 Å². The van der Waals surface area contributed by atoms with E-state index >= 15 is 0 Å². The van der Waals surface area contributed by atoms with Crippen molar-refractivity contribution in [2.45, 2.75) is 32.2 Å². The summed E-state index contributed by atoms with van der Waals surface area (Å²) in [4.78, 5) is 4.12. The summed E-state index contributed by atoms with van der Waals surface area (Å²) in [7, 11) is 1.89. The van der Waals surface area contributed by atoms with Gasteiger partial charge in [-0.05, 0) is 19.4 Å². The fourth-order valence-electron chi connectivity index (χ4n) is 1.40. The summed E-state index contributed by atoms with van der Waals surface area (Å²) in [6, 6.07) is 0. The van der Waals surface area contributed by atoms with Gasteiger partial charge in [-0.25, -0.2) is 4.98 Å². The number of rotatable bonds is 8. The highest BCUT2D eigenvalue weighted by molar-refractivity contribution is 4.81. The van der Waals surface area contributed by atoms with Gasteiger partial charge in [0.2, 0.25) is 0 Å². The largest absolute Gasteiger partial charge is 0.396 e. The molecule has 0 amide bonds. The highest BCUT2D eigenvalue weighted by Crippen LogP contribution is 1.98. The van der Waals surface area contributed by atoms with Crippen LogP contribution in [0.15, 0.2) is 6.33 Å². The molecule has 5 nitrogen and oxygen atoms in total. The predicted octanol–water partition coefficient (Wildman–Crippen LogP) is 0.457. The van der Waals surface area contributed by atoms with Gasteiger partial charge in [0.15, 0.2) is 0 Å². The third-order valence-corrected chi connectivity index (χ3v) is 2.35. The van der Waals surface area contributed by atoms with Crippen molar-refractivity contribution in [1.82, 2.24) is 20.1 Å². The molecule has 86 valence electrons. The lowest BCUT2D eigenvalue weighted by atomic mass is 10.2. The lowest BCUT2D eigenvalue weighted by molar-refractivity contribution is 0.282. The standard InChI is InChI=1S/C10H20N4O/c1-14-10(12-9-13-14)8-11-6-4-2-3-5-7-15/h9,11,15H,2-8H2,1H3. The number of nitrogens with one attached hydrogen (secondary N) is 1. The van der Waals surface area contributed by atoms with Crippen molar-refractivity contribution >= 4 is 0 Å². The maximum Gasteiger partial charge on any atom is 0.140 e. The third kappa shape index (κ3) is 4.90. The number of nitrogens with zero attached hydrogens (tertiary/aromatic N) is 3. The first kappa shape index (κ1) is 12.1. The molecule has 0 aromatic carbocycles. The van der Waals surface area contributed by atoms with Crippen LogP contribution < -0.4 is 5.32 Å². The van der Waals surface area contributed by atoms with Gasteiger partial charge in [-0.15, -0.1) is 0 Å². The zero-order chi connectivity index (χ0) is 10.9. The second-order valence-corrected chi connectivity index (χ2v) is 3.61. The molecule has 0 radical (unpaired) electrons. The Morgan fingerprint density at radius 1 is 1.33 bits per heavy atom. The Bertz CT molecular complexity index is 262. The van der Waals surface area contributed by atoms with Gasteiger partial charge in [-0.3, -0.25) is 4.68 Å². The first-order valence-electron chi connectivity index (χ1n) is 5.49.